The topological polar surface area (TPSA) is 133 Å². The second-order valence-electron chi connectivity index (χ2n) is 10.00. The van der Waals surface area contributed by atoms with Gasteiger partial charge < -0.3 is 15.3 Å². The van der Waals surface area contributed by atoms with Gasteiger partial charge in [-0.25, -0.2) is 25.6 Å². The Kier molecular flexibility index (Phi) is 6.36. The molecule has 0 aromatic heterocycles. The highest BCUT2D eigenvalue weighted by Gasteiger charge is 2.47. The SMILES string of the molecule is CC(C)(C)[C@H]1C(O)=C(C2=CS(=O)(=O)c3cc(NS(C)(=O)=O)cc(F)c3N2)C(=O)N1Cc1ccc(F)cc1. The number of halogens is 2. The Morgan fingerprint density at radius 3 is 2.32 bits per heavy atom. The van der Waals surface area contributed by atoms with Crippen molar-refractivity contribution in [3.63, 3.8) is 0 Å². The molecule has 0 fully saturated rings. The Balaban J connectivity index is 1.78. The number of fused-ring (bicyclic) bond motifs is 1. The summed E-state index contributed by atoms with van der Waals surface area (Å²) >= 11 is 0. The van der Waals surface area contributed by atoms with Gasteiger partial charge in [-0.15, -0.1) is 0 Å². The average Bonchev–Trinajstić information content (AvgIpc) is 2.98. The number of aliphatic hydroxyl groups is 1. The molecular weight excluding hydrogens is 528 g/mol. The predicted molar refractivity (Wildman–Crippen MR) is 134 cm³/mol. The molecule has 2 aliphatic heterocycles. The maximum atomic E-state index is 15.0. The van der Waals surface area contributed by atoms with Crippen LogP contribution in [-0.4, -0.2) is 45.0 Å². The van der Waals surface area contributed by atoms with Crippen LogP contribution in [0.3, 0.4) is 0 Å². The predicted octanol–water partition coefficient (Wildman–Crippen LogP) is 3.65. The highest BCUT2D eigenvalue weighted by Crippen LogP contribution is 2.43. The summed E-state index contributed by atoms with van der Waals surface area (Å²) in [5, 5.41) is 14.5. The highest BCUT2D eigenvalue weighted by molar-refractivity contribution is 7.94. The van der Waals surface area contributed by atoms with Crippen molar-refractivity contribution >= 4 is 37.1 Å². The van der Waals surface area contributed by atoms with Crippen LogP contribution in [0.4, 0.5) is 20.2 Å². The summed E-state index contributed by atoms with van der Waals surface area (Å²) in [5.41, 5.74) is -1.56. The van der Waals surface area contributed by atoms with E-state index in [1.54, 1.807) is 20.8 Å². The molecular formula is C24H25F2N3O6S2. The molecule has 4 rings (SSSR count). The van der Waals surface area contributed by atoms with E-state index in [2.05, 4.69) is 5.32 Å². The van der Waals surface area contributed by atoms with E-state index < -0.39 is 65.2 Å². The summed E-state index contributed by atoms with van der Waals surface area (Å²) in [6, 6.07) is 6.36. The second-order valence-corrected chi connectivity index (χ2v) is 13.5. The smallest absolute Gasteiger partial charge is 0.260 e. The molecule has 198 valence electrons. The largest absolute Gasteiger partial charge is 0.509 e. The quantitative estimate of drug-likeness (QED) is 0.515. The number of anilines is 2. The van der Waals surface area contributed by atoms with Gasteiger partial charge in [0.15, 0.2) is 0 Å². The van der Waals surface area contributed by atoms with Gasteiger partial charge in [0.1, 0.15) is 23.0 Å². The lowest BCUT2D eigenvalue weighted by atomic mass is 9.85. The van der Waals surface area contributed by atoms with E-state index in [1.165, 1.54) is 29.2 Å². The molecule has 1 atom stereocenters. The molecule has 0 unspecified atom stereocenters. The van der Waals surface area contributed by atoms with E-state index in [0.29, 0.717) is 11.0 Å². The van der Waals surface area contributed by atoms with Crippen molar-refractivity contribution in [2.45, 2.75) is 38.3 Å². The monoisotopic (exact) mass is 553 g/mol. The first-order chi connectivity index (χ1) is 17.0. The molecule has 13 heteroatoms. The molecule has 0 aliphatic carbocycles. The molecule has 2 aliphatic rings. The van der Waals surface area contributed by atoms with Crippen molar-refractivity contribution in [3.8, 4) is 0 Å². The summed E-state index contributed by atoms with van der Waals surface area (Å²) in [7, 11) is -8.18. The Bertz CT molecular complexity index is 1580. The minimum atomic E-state index is -4.37. The number of hydrogen-bond acceptors (Lipinski definition) is 7. The summed E-state index contributed by atoms with van der Waals surface area (Å²) in [5.74, 6) is -2.63. The number of carbonyl (C=O) groups is 1. The van der Waals surface area contributed by atoms with Crippen LogP contribution in [0.25, 0.3) is 0 Å². The van der Waals surface area contributed by atoms with Crippen molar-refractivity contribution in [2.75, 3.05) is 16.3 Å². The number of benzene rings is 2. The molecule has 3 N–H and O–H groups in total. The highest BCUT2D eigenvalue weighted by atomic mass is 32.2. The fourth-order valence-electron chi connectivity index (χ4n) is 4.44. The fraction of sp³-hybridized carbons (Fsp3) is 0.292. The van der Waals surface area contributed by atoms with Crippen LogP contribution < -0.4 is 10.0 Å². The van der Waals surface area contributed by atoms with E-state index >= 15 is 0 Å². The van der Waals surface area contributed by atoms with Crippen LogP contribution in [-0.2, 0) is 31.2 Å². The Labute approximate surface area is 213 Å². The van der Waals surface area contributed by atoms with Crippen molar-refractivity contribution in [3.05, 3.63) is 76.0 Å². The van der Waals surface area contributed by atoms with Crippen molar-refractivity contribution in [1.82, 2.24) is 4.90 Å². The van der Waals surface area contributed by atoms with Gasteiger partial charge in [-0.1, -0.05) is 32.9 Å². The Hall–Kier alpha value is -3.45. The second kappa shape index (κ2) is 8.84. The minimum absolute atomic E-state index is 0.000108. The van der Waals surface area contributed by atoms with Crippen LogP contribution in [0.1, 0.15) is 26.3 Å². The first-order valence-corrected chi connectivity index (χ1v) is 14.5. The molecule has 37 heavy (non-hydrogen) atoms. The van der Waals surface area contributed by atoms with Gasteiger partial charge in [0.25, 0.3) is 5.91 Å². The number of amides is 1. The molecule has 0 saturated heterocycles. The lowest BCUT2D eigenvalue weighted by Gasteiger charge is -2.35. The van der Waals surface area contributed by atoms with Gasteiger partial charge in [0.2, 0.25) is 19.9 Å². The Morgan fingerprint density at radius 2 is 1.76 bits per heavy atom. The number of aliphatic hydroxyl groups excluding tert-OH is 1. The molecule has 0 spiro atoms. The lowest BCUT2D eigenvalue weighted by molar-refractivity contribution is -0.129. The zero-order chi connectivity index (χ0) is 27.5. The van der Waals surface area contributed by atoms with Crippen LogP contribution in [0.2, 0.25) is 0 Å². The third-order valence-electron chi connectivity index (χ3n) is 5.85. The number of nitrogens with zero attached hydrogens (tertiary/aromatic N) is 1. The number of carbonyl (C=O) groups excluding carboxylic acids is 1. The van der Waals surface area contributed by atoms with Gasteiger partial charge in [-0.05, 0) is 29.2 Å². The van der Waals surface area contributed by atoms with Crippen molar-refractivity contribution in [2.24, 2.45) is 5.41 Å². The van der Waals surface area contributed by atoms with E-state index in [4.69, 9.17) is 0 Å². The molecule has 1 amide bonds. The third-order valence-corrected chi connectivity index (χ3v) is 7.94. The van der Waals surface area contributed by atoms with Gasteiger partial charge in [-0.2, -0.15) is 0 Å². The van der Waals surface area contributed by atoms with E-state index in [1.807, 2.05) is 4.72 Å². The first-order valence-electron chi connectivity index (χ1n) is 11.0. The summed E-state index contributed by atoms with van der Waals surface area (Å²) in [4.78, 5) is 14.4. The molecule has 2 heterocycles. The fourth-order valence-corrected chi connectivity index (χ4v) is 6.32. The Morgan fingerprint density at radius 1 is 1.14 bits per heavy atom. The number of sulfone groups is 1. The third kappa shape index (κ3) is 5.18. The minimum Gasteiger partial charge on any atom is -0.509 e. The standard InChI is InChI=1S/C24H25F2N3O6S2/c1-24(2,3)22-21(30)19(23(31)29(22)11-13-5-7-14(25)8-6-13)17-12-37(34,35)18-10-15(28-36(4,32)33)9-16(26)20(18)27-17/h5-10,12,22,27-28,30H,11H2,1-4H3/t22-/m1/s1. The van der Waals surface area contributed by atoms with E-state index in [9.17, 15) is 35.5 Å². The van der Waals surface area contributed by atoms with Crippen LogP contribution in [0.5, 0.6) is 0 Å². The zero-order valence-corrected chi connectivity index (χ0v) is 22.0. The van der Waals surface area contributed by atoms with Gasteiger partial charge in [-0.3, -0.25) is 9.52 Å². The summed E-state index contributed by atoms with van der Waals surface area (Å²) in [6.07, 6.45) is 0.833. The zero-order valence-electron chi connectivity index (χ0n) is 20.3. The van der Waals surface area contributed by atoms with E-state index in [0.717, 1.165) is 18.4 Å². The van der Waals surface area contributed by atoms with Crippen LogP contribution in [0.15, 0.2) is 63.7 Å². The lowest BCUT2D eigenvalue weighted by Crippen LogP contribution is -2.43. The van der Waals surface area contributed by atoms with Crippen LogP contribution in [0, 0.1) is 17.0 Å². The molecule has 0 bridgehead atoms. The molecule has 0 radical (unpaired) electrons. The van der Waals surface area contributed by atoms with Crippen molar-refractivity contribution < 1.29 is 35.5 Å². The van der Waals surface area contributed by atoms with Gasteiger partial charge >= 0.3 is 0 Å². The molecule has 0 saturated carbocycles. The summed E-state index contributed by atoms with van der Waals surface area (Å²) in [6.45, 7) is 5.35. The van der Waals surface area contributed by atoms with E-state index in [-0.39, 0.29) is 23.5 Å². The number of nitrogens with one attached hydrogen (secondary N) is 2. The van der Waals surface area contributed by atoms with Crippen LogP contribution >= 0.6 is 0 Å². The van der Waals surface area contributed by atoms with Gasteiger partial charge in [0.05, 0.1) is 39.7 Å². The molecule has 9 nitrogen and oxygen atoms in total. The maximum absolute atomic E-state index is 15.0. The number of rotatable bonds is 5. The number of sulfonamides is 1. The molecule has 2 aromatic carbocycles. The normalized spacial score (nSPS) is 19.4. The number of hydrogen-bond donors (Lipinski definition) is 3. The average molecular weight is 554 g/mol. The summed E-state index contributed by atoms with van der Waals surface area (Å²) < 4.78 is 79.6. The molecule has 2 aromatic rings. The van der Waals surface area contributed by atoms with Crippen molar-refractivity contribution in [1.29, 1.82) is 0 Å². The van der Waals surface area contributed by atoms with Gasteiger partial charge in [0, 0.05) is 12.6 Å². The first kappa shape index (κ1) is 26.6. The maximum Gasteiger partial charge on any atom is 0.260 e.